The van der Waals surface area contributed by atoms with Crippen LogP contribution in [0.5, 0.6) is 11.5 Å². The maximum atomic E-state index is 12.3. The van der Waals surface area contributed by atoms with Crippen molar-refractivity contribution in [2.45, 2.75) is 25.8 Å². The Kier molecular flexibility index (Phi) is 6.15. The number of amides is 1. The number of nitrogens with one attached hydrogen (secondary N) is 1. The molecule has 1 rings (SSSR count). The summed E-state index contributed by atoms with van der Waals surface area (Å²) in [6.07, 6.45) is 1.28. The van der Waals surface area contributed by atoms with Gasteiger partial charge in [-0.15, -0.1) is 0 Å². The molecule has 0 radical (unpaired) electrons. The number of hydrogen-bond donors (Lipinski definition) is 2. The van der Waals surface area contributed by atoms with E-state index in [1.165, 1.54) is 14.2 Å². The predicted octanol–water partition coefficient (Wildman–Crippen LogP) is 1.59. The van der Waals surface area contributed by atoms with Gasteiger partial charge in [-0.05, 0) is 25.0 Å². The molecule has 0 fully saturated rings. The van der Waals surface area contributed by atoms with E-state index in [9.17, 15) is 4.79 Å². The molecule has 0 spiro atoms. The molecule has 19 heavy (non-hydrogen) atoms. The van der Waals surface area contributed by atoms with Gasteiger partial charge >= 0.3 is 0 Å². The first-order chi connectivity index (χ1) is 9.17. The van der Waals surface area contributed by atoms with Gasteiger partial charge in [-0.3, -0.25) is 4.79 Å². The molecule has 1 amide bonds. The molecule has 5 heteroatoms. The number of aliphatic hydroxyl groups is 1. The normalized spacial score (nSPS) is 11.8. The Morgan fingerprint density at radius 3 is 2.32 bits per heavy atom. The van der Waals surface area contributed by atoms with Crippen LogP contribution in [0.25, 0.3) is 0 Å². The monoisotopic (exact) mass is 267 g/mol. The molecule has 2 N–H and O–H groups in total. The molecule has 0 aliphatic rings. The highest BCUT2D eigenvalue weighted by Gasteiger charge is 2.20. The largest absolute Gasteiger partial charge is 0.496 e. The third-order valence-corrected chi connectivity index (χ3v) is 2.96. The Bertz CT molecular complexity index is 398. The van der Waals surface area contributed by atoms with Gasteiger partial charge < -0.3 is 19.9 Å². The van der Waals surface area contributed by atoms with E-state index in [4.69, 9.17) is 14.6 Å². The summed E-state index contributed by atoms with van der Waals surface area (Å²) in [5.74, 6) is 0.681. The van der Waals surface area contributed by atoms with Gasteiger partial charge in [0.1, 0.15) is 17.1 Å². The average molecular weight is 267 g/mol. The van der Waals surface area contributed by atoms with Crippen LogP contribution in [0.3, 0.4) is 0 Å². The zero-order valence-corrected chi connectivity index (χ0v) is 11.6. The van der Waals surface area contributed by atoms with Crippen molar-refractivity contribution < 1.29 is 19.4 Å². The highest BCUT2D eigenvalue weighted by molar-refractivity contribution is 5.99. The van der Waals surface area contributed by atoms with E-state index < -0.39 is 0 Å². The molecule has 1 aromatic carbocycles. The van der Waals surface area contributed by atoms with Crippen LogP contribution >= 0.6 is 0 Å². The number of methoxy groups -OCH3 is 2. The minimum Gasteiger partial charge on any atom is -0.496 e. The van der Waals surface area contributed by atoms with Gasteiger partial charge in [0.25, 0.3) is 5.91 Å². The molecular formula is C14H21NO4. The Hall–Kier alpha value is -1.75. The standard InChI is InChI=1S/C14H21NO4/c1-4-10(8-9-16)15-14(17)13-11(18-2)6-5-7-12(13)19-3/h5-7,10,16H,4,8-9H2,1-3H3,(H,15,17). The van der Waals surface area contributed by atoms with E-state index in [0.717, 1.165) is 6.42 Å². The molecule has 1 aromatic rings. The lowest BCUT2D eigenvalue weighted by Crippen LogP contribution is -2.35. The topological polar surface area (TPSA) is 67.8 Å². The molecule has 0 saturated heterocycles. The van der Waals surface area contributed by atoms with Crippen molar-refractivity contribution in [3.8, 4) is 11.5 Å². The highest BCUT2D eigenvalue weighted by Crippen LogP contribution is 2.28. The first kappa shape index (κ1) is 15.3. The first-order valence-electron chi connectivity index (χ1n) is 6.30. The summed E-state index contributed by atoms with van der Waals surface area (Å²) in [5.41, 5.74) is 0.379. The number of rotatable bonds is 7. The second-order valence-corrected chi connectivity index (χ2v) is 4.13. The van der Waals surface area contributed by atoms with Crippen molar-refractivity contribution >= 4 is 5.91 Å². The number of hydrogen-bond acceptors (Lipinski definition) is 4. The molecule has 1 unspecified atom stereocenters. The number of aliphatic hydroxyl groups excluding tert-OH is 1. The van der Waals surface area contributed by atoms with Gasteiger partial charge in [-0.25, -0.2) is 0 Å². The van der Waals surface area contributed by atoms with Crippen molar-refractivity contribution in [2.24, 2.45) is 0 Å². The molecule has 0 aliphatic carbocycles. The van der Waals surface area contributed by atoms with Crippen LogP contribution < -0.4 is 14.8 Å². The van der Waals surface area contributed by atoms with Crippen LogP contribution in [-0.4, -0.2) is 37.9 Å². The number of carbonyl (C=O) groups is 1. The summed E-state index contributed by atoms with van der Waals surface area (Å²) in [7, 11) is 3.02. The van der Waals surface area contributed by atoms with Crippen molar-refractivity contribution in [3.63, 3.8) is 0 Å². The Morgan fingerprint density at radius 2 is 1.89 bits per heavy atom. The van der Waals surface area contributed by atoms with Gasteiger partial charge in [0, 0.05) is 12.6 Å². The van der Waals surface area contributed by atoms with Crippen molar-refractivity contribution in [1.82, 2.24) is 5.32 Å². The third-order valence-electron chi connectivity index (χ3n) is 2.96. The van der Waals surface area contributed by atoms with Crippen molar-refractivity contribution in [3.05, 3.63) is 23.8 Å². The second-order valence-electron chi connectivity index (χ2n) is 4.13. The van der Waals surface area contributed by atoms with E-state index in [1.54, 1.807) is 18.2 Å². The second kappa shape index (κ2) is 7.63. The first-order valence-corrected chi connectivity index (χ1v) is 6.30. The number of ether oxygens (including phenoxy) is 2. The Labute approximate surface area is 113 Å². The lowest BCUT2D eigenvalue weighted by molar-refractivity contribution is 0.0923. The summed E-state index contributed by atoms with van der Waals surface area (Å²) in [6.45, 7) is 2.00. The van der Waals surface area contributed by atoms with Gasteiger partial charge in [-0.2, -0.15) is 0 Å². The fourth-order valence-corrected chi connectivity index (χ4v) is 1.87. The predicted molar refractivity (Wildman–Crippen MR) is 72.8 cm³/mol. The van der Waals surface area contributed by atoms with Crippen LogP contribution in [0.2, 0.25) is 0 Å². The molecule has 0 aliphatic heterocycles. The molecule has 0 aromatic heterocycles. The van der Waals surface area contributed by atoms with Crippen LogP contribution in [0.1, 0.15) is 30.1 Å². The van der Waals surface area contributed by atoms with Crippen molar-refractivity contribution in [1.29, 1.82) is 0 Å². The van der Waals surface area contributed by atoms with Crippen LogP contribution in [0.15, 0.2) is 18.2 Å². The summed E-state index contributed by atoms with van der Waals surface area (Å²) in [5, 5.41) is 11.8. The quantitative estimate of drug-likeness (QED) is 0.787. The maximum absolute atomic E-state index is 12.3. The molecule has 5 nitrogen and oxygen atoms in total. The maximum Gasteiger partial charge on any atom is 0.259 e. The highest BCUT2D eigenvalue weighted by atomic mass is 16.5. The zero-order chi connectivity index (χ0) is 14.3. The molecule has 1 atom stereocenters. The smallest absolute Gasteiger partial charge is 0.259 e. The van der Waals surface area contributed by atoms with Crippen molar-refractivity contribution in [2.75, 3.05) is 20.8 Å². The van der Waals surface area contributed by atoms with E-state index in [0.29, 0.717) is 23.5 Å². The summed E-state index contributed by atoms with van der Waals surface area (Å²) >= 11 is 0. The minimum absolute atomic E-state index is 0.0435. The van der Waals surface area contributed by atoms with E-state index in [2.05, 4.69) is 5.32 Å². The molecule has 0 saturated carbocycles. The number of benzene rings is 1. The van der Waals surface area contributed by atoms with Crippen LogP contribution in [-0.2, 0) is 0 Å². The van der Waals surface area contributed by atoms with E-state index in [-0.39, 0.29) is 18.6 Å². The summed E-state index contributed by atoms with van der Waals surface area (Å²) in [4.78, 5) is 12.3. The molecule has 0 heterocycles. The van der Waals surface area contributed by atoms with Crippen LogP contribution in [0.4, 0.5) is 0 Å². The summed E-state index contributed by atoms with van der Waals surface area (Å²) in [6, 6.07) is 5.13. The van der Waals surface area contributed by atoms with Gasteiger partial charge in [0.2, 0.25) is 0 Å². The SMILES string of the molecule is CCC(CCO)NC(=O)c1c(OC)cccc1OC. The minimum atomic E-state index is -0.255. The van der Waals surface area contributed by atoms with E-state index in [1.807, 2.05) is 6.92 Å². The molecule has 106 valence electrons. The number of carbonyl (C=O) groups excluding carboxylic acids is 1. The fourth-order valence-electron chi connectivity index (χ4n) is 1.87. The third kappa shape index (κ3) is 3.86. The summed E-state index contributed by atoms with van der Waals surface area (Å²) < 4.78 is 10.4. The molecular weight excluding hydrogens is 246 g/mol. The molecule has 0 bridgehead atoms. The Balaban J connectivity index is 2.97. The lowest BCUT2D eigenvalue weighted by atomic mass is 10.1. The van der Waals surface area contributed by atoms with Gasteiger partial charge in [0.15, 0.2) is 0 Å². The van der Waals surface area contributed by atoms with Gasteiger partial charge in [-0.1, -0.05) is 13.0 Å². The lowest BCUT2D eigenvalue weighted by Gasteiger charge is -2.18. The fraction of sp³-hybridized carbons (Fsp3) is 0.500. The zero-order valence-electron chi connectivity index (χ0n) is 11.6. The average Bonchev–Trinajstić information content (AvgIpc) is 2.45. The Morgan fingerprint density at radius 1 is 1.32 bits per heavy atom. The van der Waals surface area contributed by atoms with Crippen LogP contribution in [0, 0.1) is 0 Å². The van der Waals surface area contributed by atoms with E-state index >= 15 is 0 Å². The van der Waals surface area contributed by atoms with Gasteiger partial charge in [0.05, 0.1) is 14.2 Å².